The van der Waals surface area contributed by atoms with Crippen molar-refractivity contribution in [3.05, 3.63) is 71.0 Å². The van der Waals surface area contributed by atoms with Gasteiger partial charge in [-0.25, -0.2) is 4.98 Å². The van der Waals surface area contributed by atoms with Crippen molar-refractivity contribution in [1.82, 2.24) is 14.9 Å². The molecule has 0 spiro atoms. The summed E-state index contributed by atoms with van der Waals surface area (Å²) in [5, 5.41) is 2.85. The van der Waals surface area contributed by atoms with E-state index < -0.39 is 0 Å². The molecule has 0 atom stereocenters. The zero-order chi connectivity index (χ0) is 17.6. The molecule has 0 radical (unpaired) electrons. The van der Waals surface area contributed by atoms with Crippen molar-refractivity contribution in [3.63, 3.8) is 0 Å². The predicted octanol–water partition coefficient (Wildman–Crippen LogP) is 3.97. The van der Waals surface area contributed by atoms with Crippen LogP contribution in [0.15, 0.2) is 54.2 Å². The Morgan fingerprint density at radius 2 is 1.92 bits per heavy atom. The summed E-state index contributed by atoms with van der Waals surface area (Å²) in [4.78, 5) is 22.9. The monoisotopic (exact) mass is 351 g/mol. The summed E-state index contributed by atoms with van der Waals surface area (Å²) in [7, 11) is 1.84. The molecule has 25 heavy (non-hydrogen) atoms. The summed E-state index contributed by atoms with van der Waals surface area (Å²) in [6, 6.07) is 12.3. The van der Waals surface area contributed by atoms with Crippen molar-refractivity contribution in [2.45, 2.75) is 26.3 Å². The van der Waals surface area contributed by atoms with Crippen LogP contribution < -0.4 is 0 Å². The Hall–Kier alpha value is -2.53. The highest BCUT2D eigenvalue weighted by atomic mass is 32.1. The Labute approximate surface area is 152 Å². The quantitative estimate of drug-likeness (QED) is 0.675. The standard InChI is InChI=1S/C20H21N3OS/c1-3-15-6-8-16(9-7-15)13-23(2)19(24)11-18-14-25-20(22-18)17-5-4-10-21-12-17/h4-10,12,14H,3,11,13H2,1-2H3. The van der Waals surface area contributed by atoms with Crippen LogP contribution in [0, 0.1) is 0 Å². The van der Waals surface area contributed by atoms with Crippen LogP contribution in [0.5, 0.6) is 0 Å². The Kier molecular flexibility index (Phi) is 5.56. The van der Waals surface area contributed by atoms with Crippen molar-refractivity contribution >= 4 is 17.2 Å². The highest BCUT2D eigenvalue weighted by Gasteiger charge is 2.13. The summed E-state index contributed by atoms with van der Waals surface area (Å²) in [6.45, 7) is 2.75. The van der Waals surface area contributed by atoms with Gasteiger partial charge in [0.25, 0.3) is 0 Å². The summed E-state index contributed by atoms with van der Waals surface area (Å²) >= 11 is 1.54. The van der Waals surface area contributed by atoms with Gasteiger partial charge >= 0.3 is 0 Å². The second kappa shape index (κ2) is 8.03. The van der Waals surface area contributed by atoms with Gasteiger partial charge < -0.3 is 4.90 Å². The van der Waals surface area contributed by atoms with E-state index in [0.717, 1.165) is 28.2 Å². The van der Waals surface area contributed by atoms with Gasteiger partial charge in [0.15, 0.2) is 0 Å². The van der Waals surface area contributed by atoms with Gasteiger partial charge in [-0.15, -0.1) is 11.3 Å². The van der Waals surface area contributed by atoms with E-state index in [4.69, 9.17) is 0 Å². The first-order valence-corrected chi connectivity index (χ1v) is 9.20. The maximum atomic E-state index is 12.5. The maximum Gasteiger partial charge on any atom is 0.228 e. The topological polar surface area (TPSA) is 46.1 Å². The number of carbonyl (C=O) groups is 1. The number of rotatable bonds is 6. The minimum absolute atomic E-state index is 0.0719. The van der Waals surface area contributed by atoms with Gasteiger partial charge in [-0.3, -0.25) is 9.78 Å². The molecule has 0 saturated heterocycles. The molecule has 0 N–H and O–H groups in total. The van der Waals surface area contributed by atoms with Crippen molar-refractivity contribution in [2.75, 3.05) is 7.05 Å². The third-order valence-corrected chi connectivity index (χ3v) is 5.01. The van der Waals surface area contributed by atoms with Gasteiger partial charge in [-0.2, -0.15) is 0 Å². The lowest BCUT2D eigenvalue weighted by atomic mass is 10.1. The summed E-state index contributed by atoms with van der Waals surface area (Å²) in [5.41, 5.74) is 4.24. The van der Waals surface area contributed by atoms with Crippen LogP contribution in [0.4, 0.5) is 0 Å². The third-order valence-electron chi connectivity index (χ3n) is 4.07. The van der Waals surface area contributed by atoms with Crippen LogP contribution in [0.25, 0.3) is 10.6 Å². The predicted molar refractivity (Wildman–Crippen MR) is 101 cm³/mol. The van der Waals surface area contributed by atoms with E-state index in [1.807, 2.05) is 24.6 Å². The SMILES string of the molecule is CCc1ccc(CN(C)C(=O)Cc2csc(-c3cccnc3)n2)cc1. The Morgan fingerprint density at radius 1 is 1.16 bits per heavy atom. The number of nitrogens with zero attached hydrogens (tertiary/aromatic N) is 3. The molecule has 3 aromatic rings. The molecule has 128 valence electrons. The summed E-state index contributed by atoms with van der Waals surface area (Å²) in [5.74, 6) is 0.0719. The molecule has 5 heteroatoms. The molecule has 0 fully saturated rings. The van der Waals surface area contributed by atoms with E-state index >= 15 is 0 Å². The second-order valence-corrected chi connectivity index (χ2v) is 6.84. The lowest BCUT2D eigenvalue weighted by Crippen LogP contribution is -2.27. The number of likely N-dealkylation sites (N-methyl/N-ethyl adjacent to an activating group) is 1. The van der Waals surface area contributed by atoms with Gasteiger partial charge in [0.05, 0.1) is 12.1 Å². The molecular weight excluding hydrogens is 330 g/mol. The summed E-state index contributed by atoms with van der Waals surface area (Å²) < 4.78 is 0. The smallest absolute Gasteiger partial charge is 0.228 e. The van der Waals surface area contributed by atoms with E-state index in [1.54, 1.807) is 28.6 Å². The number of aryl methyl sites for hydroxylation is 1. The molecule has 4 nitrogen and oxygen atoms in total. The minimum Gasteiger partial charge on any atom is -0.341 e. The molecule has 1 amide bonds. The van der Waals surface area contributed by atoms with E-state index in [0.29, 0.717) is 13.0 Å². The van der Waals surface area contributed by atoms with E-state index in [9.17, 15) is 4.79 Å². The Bertz CT molecular complexity index is 828. The van der Waals surface area contributed by atoms with Gasteiger partial charge in [0.2, 0.25) is 5.91 Å². The molecule has 0 unspecified atom stereocenters. The van der Waals surface area contributed by atoms with Crippen LogP contribution >= 0.6 is 11.3 Å². The molecule has 2 aromatic heterocycles. The number of pyridine rings is 1. The van der Waals surface area contributed by atoms with Crippen molar-refractivity contribution in [1.29, 1.82) is 0 Å². The first-order chi connectivity index (χ1) is 12.2. The zero-order valence-corrected chi connectivity index (χ0v) is 15.3. The number of aromatic nitrogens is 2. The van der Waals surface area contributed by atoms with Crippen LogP contribution in [0.2, 0.25) is 0 Å². The zero-order valence-electron chi connectivity index (χ0n) is 14.5. The Morgan fingerprint density at radius 3 is 2.60 bits per heavy atom. The summed E-state index contributed by atoms with van der Waals surface area (Å²) in [6.07, 6.45) is 4.87. The van der Waals surface area contributed by atoms with Gasteiger partial charge in [0, 0.05) is 36.9 Å². The first kappa shape index (κ1) is 17.3. The van der Waals surface area contributed by atoms with Gasteiger partial charge in [-0.1, -0.05) is 31.2 Å². The van der Waals surface area contributed by atoms with Crippen LogP contribution in [-0.2, 0) is 24.2 Å². The fraction of sp³-hybridized carbons (Fsp3) is 0.250. The molecule has 0 bridgehead atoms. The largest absolute Gasteiger partial charge is 0.341 e. The molecule has 1 aromatic carbocycles. The average Bonchev–Trinajstić information content (AvgIpc) is 3.11. The lowest BCUT2D eigenvalue weighted by Gasteiger charge is -2.17. The number of thiazole rings is 1. The first-order valence-electron chi connectivity index (χ1n) is 8.32. The second-order valence-electron chi connectivity index (χ2n) is 5.98. The van der Waals surface area contributed by atoms with Crippen LogP contribution in [0.1, 0.15) is 23.7 Å². The molecule has 0 saturated carbocycles. The molecule has 0 aliphatic carbocycles. The van der Waals surface area contributed by atoms with Crippen molar-refractivity contribution in [3.8, 4) is 10.6 Å². The van der Waals surface area contributed by atoms with E-state index in [1.165, 1.54) is 5.56 Å². The molecule has 2 heterocycles. The molecule has 0 aliphatic rings. The van der Waals surface area contributed by atoms with Crippen molar-refractivity contribution in [2.24, 2.45) is 0 Å². The number of carbonyl (C=O) groups excluding carboxylic acids is 1. The number of amides is 1. The number of benzene rings is 1. The van der Waals surface area contributed by atoms with Crippen molar-refractivity contribution < 1.29 is 4.79 Å². The highest BCUT2D eigenvalue weighted by Crippen LogP contribution is 2.23. The number of hydrogen-bond acceptors (Lipinski definition) is 4. The van der Waals surface area contributed by atoms with E-state index in [-0.39, 0.29) is 5.91 Å². The fourth-order valence-electron chi connectivity index (χ4n) is 2.54. The van der Waals surface area contributed by atoms with Gasteiger partial charge in [0.1, 0.15) is 5.01 Å². The number of hydrogen-bond donors (Lipinski definition) is 0. The molecular formula is C20H21N3OS. The fourth-order valence-corrected chi connectivity index (χ4v) is 3.35. The normalized spacial score (nSPS) is 10.6. The highest BCUT2D eigenvalue weighted by molar-refractivity contribution is 7.13. The molecule has 3 rings (SSSR count). The van der Waals surface area contributed by atoms with E-state index in [2.05, 4.69) is 41.2 Å². The molecule has 0 aliphatic heterocycles. The third kappa shape index (κ3) is 4.51. The maximum absolute atomic E-state index is 12.5. The average molecular weight is 351 g/mol. The van der Waals surface area contributed by atoms with Crippen LogP contribution in [0.3, 0.4) is 0 Å². The Balaban J connectivity index is 1.60. The minimum atomic E-state index is 0.0719. The van der Waals surface area contributed by atoms with Gasteiger partial charge in [-0.05, 0) is 29.7 Å². The lowest BCUT2D eigenvalue weighted by molar-refractivity contribution is -0.129. The van der Waals surface area contributed by atoms with Crippen LogP contribution in [-0.4, -0.2) is 27.8 Å².